The summed E-state index contributed by atoms with van der Waals surface area (Å²) in [6, 6.07) is 0. The molecule has 0 aliphatic rings. The van der Waals surface area contributed by atoms with Crippen molar-refractivity contribution < 1.29 is 33.6 Å². The summed E-state index contributed by atoms with van der Waals surface area (Å²) in [6.45, 7) is 11.5. The quantitative estimate of drug-likeness (QED) is 0.0290. The third kappa shape index (κ3) is 37.9. The maximum Gasteiger partial charge on any atom is 0.306 e. The summed E-state index contributed by atoms with van der Waals surface area (Å²) in [5.41, 5.74) is 0. The molecule has 8 nitrogen and oxygen atoms in total. The van der Waals surface area contributed by atoms with Crippen LogP contribution >= 0.6 is 0 Å². The Hall–Kier alpha value is -1.66. The van der Waals surface area contributed by atoms with Gasteiger partial charge in [0.1, 0.15) is 0 Å². The number of aliphatic hydroxyl groups is 1. The van der Waals surface area contributed by atoms with E-state index in [-0.39, 0.29) is 31.4 Å². The molecule has 0 saturated carbocycles. The second kappa shape index (κ2) is 41.1. The number of esters is 2. The van der Waals surface area contributed by atoms with Gasteiger partial charge in [0.2, 0.25) is 0 Å². The minimum Gasteiger partial charge on any atom is -0.466 e. The monoisotopic (exact) mass is 724 g/mol. The Balaban J connectivity index is 4.02. The molecule has 0 atom stereocenters. The number of hydrogen-bond acceptors (Lipinski definition) is 8. The molecule has 51 heavy (non-hydrogen) atoms. The van der Waals surface area contributed by atoms with Gasteiger partial charge in [0, 0.05) is 39.0 Å². The number of unbranched alkanes of at least 4 members (excludes halogenated alkanes) is 19. The average molecular weight is 724 g/mol. The lowest BCUT2D eigenvalue weighted by atomic mass is 10.1. The van der Waals surface area contributed by atoms with Crippen LogP contribution in [0, 0.1) is 11.8 Å². The van der Waals surface area contributed by atoms with Crippen molar-refractivity contribution in [2.75, 3.05) is 52.7 Å². The Bertz CT molecular complexity index is 794. The highest BCUT2D eigenvalue weighted by Gasteiger charge is 2.14. The predicted octanol–water partition coefficient (Wildman–Crippen LogP) is 10.3. The summed E-state index contributed by atoms with van der Waals surface area (Å²) < 4.78 is 22.8. The van der Waals surface area contributed by atoms with Crippen LogP contribution < -0.4 is 0 Å². The molecule has 0 amide bonds. The Morgan fingerprint density at radius 1 is 0.529 bits per heavy atom. The highest BCUT2D eigenvalue weighted by atomic mass is 16.7. The molecule has 8 heteroatoms. The van der Waals surface area contributed by atoms with Gasteiger partial charge in [0.15, 0.2) is 12.9 Å². The molecule has 300 valence electrons. The first-order valence-corrected chi connectivity index (χ1v) is 21.4. The van der Waals surface area contributed by atoms with Gasteiger partial charge in [-0.3, -0.25) is 9.59 Å². The van der Waals surface area contributed by atoms with Crippen LogP contribution in [0.1, 0.15) is 194 Å². The van der Waals surface area contributed by atoms with E-state index in [0.29, 0.717) is 45.6 Å². The van der Waals surface area contributed by atoms with Crippen LogP contribution in [0.4, 0.5) is 0 Å². The van der Waals surface area contributed by atoms with E-state index in [1.807, 2.05) is 0 Å². The first-order valence-electron chi connectivity index (χ1n) is 21.4. The van der Waals surface area contributed by atoms with Crippen LogP contribution in [0.15, 0.2) is 0 Å². The third-order valence-electron chi connectivity index (χ3n) is 9.18. The predicted molar refractivity (Wildman–Crippen MR) is 211 cm³/mol. The van der Waals surface area contributed by atoms with Gasteiger partial charge >= 0.3 is 11.9 Å². The molecule has 0 aromatic rings. The van der Waals surface area contributed by atoms with Crippen molar-refractivity contribution >= 4 is 11.9 Å². The van der Waals surface area contributed by atoms with Gasteiger partial charge in [-0.25, -0.2) is 0 Å². The SMILES string of the molecule is CCCCC#CCOC(=O)CCCCCCCN(CCO)CCCCCCOC(=O)CCC(OCCCCCCCC)OCCCCCCCC. The summed E-state index contributed by atoms with van der Waals surface area (Å²) in [5, 5.41) is 9.50. The fourth-order valence-corrected chi connectivity index (χ4v) is 5.90. The molecule has 0 radical (unpaired) electrons. The number of nitrogens with zero attached hydrogens (tertiary/aromatic N) is 1. The molecule has 0 aromatic carbocycles. The van der Waals surface area contributed by atoms with Gasteiger partial charge in [-0.15, -0.1) is 0 Å². The molecule has 0 aliphatic carbocycles. The van der Waals surface area contributed by atoms with Crippen LogP contribution in [0.3, 0.4) is 0 Å². The van der Waals surface area contributed by atoms with E-state index in [9.17, 15) is 14.7 Å². The minimum absolute atomic E-state index is 0.149. The van der Waals surface area contributed by atoms with Crippen molar-refractivity contribution in [2.45, 2.75) is 200 Å². The van der Waals surface area contributed by atoms with Crippen LogP contribution in [0.25, 0.3) is 0 Å². The van der Waals surface area contributed by atoms with Gasteiger partial charge in [-0.2, -0.15) is 0 Å². The molecule has 0 rings (SSSR count). The Morgan fingerprint density at radius 3 is 1.59 bits per heavy atom. The Kier molecular flexibility index (Phi) is 39.8. The maximum absolute atomic E-state index is 12.5. The molecule has 0 spiro atoms. The summed E-state index contributed by atoms with van der Waals surface area (Å²) in [5.74, 6) is 5.63. The number of carbonyl (C=O) groups excluding carboxylic acids is 2. The molecule has 0 fully saturated rings. The molecule has 0 unspecified atom stereocenters. The standard InChI is InChI=1S/C43H81NO7/c1-4-7-10-13-20-28-39-50-43(51-40-29-21-14-11-8-5-2)32-31-42(47)49-38-27-22-18-25-34-44(35-36-45)33-24-17-15-16-23-30-41(46)48-37-26-19-12-9-6-3/h43,45H,4-18,20-25,27-40H2,1-3H3. The third-order valence-corrected chi connectivity index (χ3v) is 9.18. The van der Waals surface area contributed by atoms with E-state index < -0.39 is 0 Å². The minimum atomic E-state index is -0.327. The van der Waals surface area contributed by atoms with Crippen molar-refractivity contribution in [2.24, 2.45) is 0 Å². The van der Waals surface area contributed by atoms with Crippen LogP contribution in [0.5, 0.6) is 0 Å². The first-order chi connectivity index (χ1) is 25.1. The number of hydrogen-bond donors (Lipinski definition) is 1. The molecular formula is C43H81NO7. The topological polar surface area (TPSA) is 94.5 Å². The van der Waals surface area contributed by atoms with Gasteiger partial charge in [-0.1, -0.05) is 135 Å². The molecule has 0 heterocycles. The summed E-state index contributed by atoms with van der Waals surface area (Å²) in [4.78, 5) is 26.6. The van der Waals surface area contributed by atoms with Crippen LogP contribution in [-0.4, -0.2) is 80.9 Å². The van der Waals surface area contributed by atoms with Gasteiger partial charge < -0.3 is 29.0 Å². The van der Waals surface area contributed by atoms with E-state index in [2.05, 4.69) is 37.5 Å². The lowest BCUT2D eigenvalue weighted by molar-refractivity contribution is -0.159. The molecule has 0 bridgehead atoms. The van der Waals surface area contributed by atoms with Crippen LogP contribution in [-0.2, 0) is 28.5 Å². The van der Waals surface area contributed by atoms with Crippen LogP contribution in [0.2, 0.25) is 0 Å². The molecule has 0 saturated heterocycles. The van der Waals surface area contributed by atoms with E-state index in [0.717, 1.165) is 103 Å². The van der Waals surface area contributed by atoms with Gasteiger partial charge in [-0.05, 0) is 58.0 Å². The highest BCUT2D eigenvalue weighted by Crippen LogP contribution is 2.13. The Labute approximate surface area is 314 Å². The lowest BCUT2D eigenvalue weighted by Gasteiger charge is -2.21. The number of aliphatic hydroxyl groups excluding tert-OH is 1. The zero-order valence-corrected chi connectivity index (χ0v) is 33.7. The summed E-state index contributed by atoms with van der Waals surface area (Å²) >= 11 is 0. The molecule has 0 aliphatic heterocycles. The van der Waals surface area contributed by atoms with Crippen molar-refractivity contribution in [3.05, 3.63) is 0 Å². The molecular weight excluding hydrogens is 642 g/mol. The normalized spacial score (nSPS) is 11.3. The Morgan fingerprint density at radius 2 is 1.02 bits per heavy atom. The lowest BCUT2D eigenvalue weighted by Crippen LogP contribution is -2.29. The van der Waals surface area contributed by atoms with E-state index >= 15 is 0 Å². The van der Waals surface area contributed by atoms with Crippen molar-refractivity contribution in [3.63, 3.8) is 0 Å². The fourth-order valence-electron chi connectivity index (χ4n) is 5.90. The van der Waals surface area contributed by atoms with E-state index in [4.69, 9.17) is 18.9 Å². The smallest absolute Gasteiger partial charge is 0.306 e. The largest absolute Gasteiger partial charge is 0.466 e. The molecule has 1 N–H and O–H groups in total. The summed E-state index contributed by atoms with van der Waals surface area (Å²) in [7, 11) is 0. The maximum atomic E-state index is 12.5. The van der Waals surface area contributed by atoms with Crippen molar-refractivity contribution in [1.29, 1.82) is 0 Å². The van der Waals surface area contributed by atoms with Crippen molar-refractivity contribution in [3.8, 4) is 11.8 Å². The second-order valence-electron chi connectivity index (χ2n) is 14.1. The summed E-state index contributed by atoms with van der Waals surface area (Å²) in [6.07, 6.45) is 28.1. The molecule has 0 aromatic heterocycles. The highest BCUT2D eigenvalue weighted by molar-refractivity contribution is 5.69. The average Bonchev–Trinajstić information content (AvgIpc) is 3.13. The van der Waals surface area contributed by atoms with E-state index in [1.165, 1.54) is 64.2 Å². The number of ether oxygens (including phenoxy) is 4. The zero-order valence-electron chi connectivity index (χ0n) is 33.7. The fraction of sp³-hybridized carbons (Fsp3) is 0.907. The van der Waals surface area contributed by atoms with Gasteiger partial charge in [0.05, 0.1) is 19.6 Å². The number of rotatable bonds is 39. The van der Waals surface area contributed by atoms with Crippen molar-refractivity contribution in [1.82, 2.24) is 4.90 Å². The number of carbonyl (C=O) groups is 2. The zero-order chi connectivity index (χ0) is 37.3. The second-order valence-corrected chi connectivity index (χ2v) is 14.1. The van der Waals surface area contributed by atoms with Gasteiger partial charge in [0.25, 0.3) is 0 Å². The van der Waals surface area contributed by atoms with E-state index in [1.54, 1.807) is 0 Å². The first kappa shape index (κ1) is 49.3.